The third-order valence-electron chi connectivity index (χ3n) is 1.31. The quantitative estimate of drug-likeness (QED) is 0.544. The van der Waals surface area contributed by atoms with Crippen molar-refractivity contribution in [1.29, 1.82) is 0 Å². The fraction of sp³-hybridized carbons (Fsp3) is 0. The molecule has 0 amide bonds. The van der Waals surface area contributed by atoms with Crippen LogP contribution >= 0.6 is 11.3 Å². The van der Waals surface area contributed by atoms with E-state index in [4.69, 9.17) is 24.4 Å². The highest BCUT2D eigenvalue weighted by molar-refractivity contribution is 7.22. The number of benzene rings is 1. The summed E-state index contributed by atoms with van der Waals surface area (Å²) in [6.45, 7) is 0. The molecule has 0 aliphatic rings. The smallest absolute Gasteiger partial charge is 0.181 e. The molecule has 15 heavy (non-hydrogen) atoms. The molecule has 0 saturated carbocycles. The predicted molar refractivity (Wildman–Crippen MR) is 46.3 cm³/mol. The van der Waals surface area contributed by atoms with Gasteiger partial charge in [-0.25, -0.2) is 4.98 Å². The van der Waals surface area contributed by atoms with E-state index in [1.807, 2.05) is 24.3 Å². The van der Waals surface area contributed by atoms with E-state index in [0.717, 1.165) is 10.2 Å². The first-order valence-corrected chi connectivity index (χ1v) is 5.68. The molecule has 82 valence electrons. The molecule has 3 N–H and O–H groups in total. The van der Waals surface area contributed by atoms with Crippen LogP contribution in [0.2, 0.25) is 0 Å². The lowest BCUT2D eigenvalue weighted by Gasteiger charge is -2.03. The number of nitrogens with two attached hydrogens (primary N) is 1. The van der Waals surface area contributed by atoms with Crippen LogP contribution in [0.25, 0.3) is 10.2 Å². The summed E-state index contributed by atoms with van der Waals surface area (Å²) in [6.07, 6.45) is 0. The lowest BCUT2D eigenvalue weighted by atomic mass is 10.3. The number of nitrogens with zero attached hydrogens (tertiary/aromatic N) is 1. The van der Waals surface area contributed by atoms with Crippen LogP contribution in [-0.2, 0) is 0 Å². The minimum absolute atomic E-state index is 0.640. The molecule has 0 aliphatic heterocycles. The monoisotopic (exact) mass is 250 g/mol. The van der Waals surface area contributed by atoms with Crippen LogP contribution in [0.3, 0.4) is 0 Å². The van der Waals surface area contributed by atoms with Crippen LogP contribution in [0.4, 0.5) is 5.13 Å². The maximum Gasteiger partial charge on any atom is 0.181 e. The summed E-state index contributed by atoms with van der Waals surface area (Å²) < 4.78 is 33.9. The number of hydrogen-bond donors (Lipinski definition) is 2. The van der Waals surface area contributed by atoms with E-state index in [9.17, 15) is 0 Å². The summed E-state index contributed by atoms with van der Waals surface area (Å²) >= 11 is 1.52. The summed E-state index contributed by atoms with van der Waals surface area (Å²) in [5.41, 5.74) is 6.49. The average Bonchev–Trinajstić information content (AvgIpc) is 2.40. The Hall–Kier alpha value is -0.960. The van der Waals surface area contributed by atoms with E-state index in [2.05, 4.69) is 4.98 Å². The summed E-state index contributed by atoms with van der Waals surface area (Å²) in [5.74, 6) is 0. The average molecular weight is 251 g/mol. The van der Waals surface area contributed by atoms with E-state index >= 15 is 0 Å². The maximum atomic E-state index is 8.60. The largest absolute Gasteiger partial charge is 0.375 e. The standard InChI is InChI=1S/C7H6N2S.ClHO4/c8-7-9-5-3-1-2-4-6(5)10-7;2-1(3,4)5/h1-4H,(H2,8,9);(H,2,3,4,5). The lowest BCUT2D eigenvalue weighted by molar-refractivity contribution is -1.92. The normalized spacial score (nSPS) is 10.9. The first kappa shape index (κ1) is 12.1. The van der Waals surface area contributed by atoms with Gasteiger partial charge >= 0.3 is 0 Å². The van der Waals surface area contributed by atoms with Gasteiger partial charge in [-0.05, 0) is 12.1 Å². The number of aromatic nitrogens is 1. The number of nitrogen functional groups attached to an aromatic ring is 1. The van der Waals surface area contributed by atoms with Crippen LogP contribution < -0.4 is 19.7 Å². The Balaban J connectivity index is 0.000000195. The number of thiazole rings is 1. The van der Waals surface area contributed by atoms with Gasteiger partial charge in [-0.15, -0.1) is 0 Å². The van der Waals surface area contributed by atoms with Crippen molar-refractivity contribution in [3.63, 3.8) is 0 Å². The van der Waals surface area contributed by atoms with Gasteiger partial charge in [0, 0.05) is 0 Å². The second kappa shape index (κ2) is 4.71. The zero-order chi connectivity index (χ0) is 11.5. The molecule has 1 aromatic carbocycles. The van der Waals surface area contributed by atoms with Crippen molar-refractivity contribution in [1.82, 2.24) is 4.98 Å². The van der Waals surface area contributed by atoms with Crippen LogP contribution in [0.15, 0.2) is 24.3 Å². The molecule has 0 radical (unpaired) electrons. The van der Waals surface area contributed by atoms with E-state index in [-0.39, 0.29) is 0 Å². The molecule has 0 saturated heterocycles. The Labute approximate surface area is 91.0 Å². The van der Waals surface area contributed by atoms with E-state index in [0.29, 0.717) is 5.13 Å². The summed E-state index contributed by atoms with van der Waals surface area (Å²) in [4.78, 5) is 4.11. The number of para-hydroxylation sites is 1. The van der Waals surface area contributed by atoms with Gasteiger partial charge in [0.2, 0.25) is 0 Å². The number of fused-ring (bicyclic) bond motifs is 1. The fourth-order valence-corrected chi connectivity index (χ4v) is 1.62. The third-order valence-corrected chi connectivity index (χ3v) is 2.18. The molecule has 6 nitrogen and oxygen atoms in total. The number of anilines is 1. The highest BCUT2D eigenvalue weighted by atomic mass is 35.7. The predicted octanol–water partition coefficient (Wildman–Crippen LogP) is -2.25. The maximum absolute atomic E-state index is 8.60. The number of rotatable bonds is 0. The molecule has 2 rings (SSSR count). The molecule has 1 aromatic heterocycles. The zero-order valence-electron chi connectivity index (χ0n) is 7.29. The van der Waals surface area contributed by atoms with Crippen molar-refractivity contribution in [3.8, 4) is 0 Å². The van der Waals surface area contributed by atoms with Crippen LogP contribution in [0.5, 0.6) is 0 Å². The molecule has 0 bridgehead atoms. The summed E-state index contributed by atoms with van der Waals surface area (Å²) in [5, 5.41) is 0.640. The van der Waals surface area contributed by atoms with Crippen molar-refractivity contribution in [3.05, 3.63) is 24.3 Å². The molecule has 0 fully saturated rings. The Kier molecular flexibility index (Phi) is 3.80. The van der Waals surface area contributed by atoms with Gasteiger partial charge in [-0.2, -0.15) is 14.0 Å². The minimum atomic E-state index is -4.69. The second-order valence-electron chi connectivity index (χ2n) is 2.42. The van der Waals surface area contributed by atoms with Crippen molar-refractivity contribution in [2.45, 2.75) is 0 Å². The molecule has 0 aliphatic carbocycles. The van der Waals surface area contributed by atoms with Gasteiger partial charge < -0.3 is 5.73 Å². The summed E-state index contributed by atoms with van der Waals surface area (Å²) in [6, 6.07) is 7.92. The topological polar surface area (TPSA) is 128 Å². The van der Waals surface area contributed by atoms with Crippen LogP contribution in [-0.4, -0.2) is 9.64 Å². The Morgan fingerprint density at radius 2 is 1.80 bits per heavy atom. The van der Waals surface area contributed by atoms with Gasteiger partial charge in [0.05, 0.1) is 25.1 Å². The molecular weight excluding hydrogens is 244 g/mol. The Bertz CT molecular complexity index is 403. The van der Waals surface area contributed by atoms with Crippen molar-refractivity contribution in [2.75, 3.05) is 5.73 Å². The van der Waals surface area contributed by atoms with Gasteiger partial charge in [0.1, 0.15) is 0 Å². The first-order chi connectivity index (χ1) is 6.86. The molecular formula is C7H7ClN2O4S. The molecule has 8 heteroatoms. The van der Waals surface area contributed by atoms with Gasteiger partial charge in [-0.1, -0.05) is 23.5 Å². The molecule has 2 aromatic rings. The van der Waals surface area contributed by atoms with Crippen molar-refractivity contribution >= 4 is 26.7 Å². The zero-order valence-corrected chi connectivity index (χ0v) is 8.86. The van der Waals surface area contributed by atoms with Gasteiger partial charge in [0.25, 0.3) is 0 Å². The van der Waals surface area contributed by atoms with Crippen LogP contribution in [0, 0.1) is 10.2 Å². The van der Waals surface area contributed by atoms with Crippen molar-refractivity contribution in [2.24, 2.45) is 0 Å². The summed E-state index contributed by atoms with van der Waals surface area (Å²) in [7, 11) is -4.69. The van der Waals surface area contributed by atoms with E-state index in [1.54, 1.807) is 0 Å². The third kappa shape index (κ3) is 4.88. The molecule has 0 unspecified atom stereocenters. The van der Waals surface area contributed by atoms with E-state index < -0.39 is 10.2 Å². The number of halogens is 1. The van der Waals surface area contributed by atoms with Gasteiger partial charge in [0.15, 0.2) is 5.13 Å². The van der Waals surface area contributed by atoms with Gasteiger partial charge in [-0.3, -0.25) is 0 Å². The Morgan fingerprint density at radius 1 is 1.27 bits per heavy atom. The van der Waals surface area contributed by atoms with Crippen molar-refractivity contribution < 1.29 is 28.9 Å². The minimum Gasteiger partial charge on any atom is -0.375 e. The molecule has 0 atom stereocenters. The van der Waals surface area contributed by atoms with Crippen LogP contribution in [0.1, 0.15) is 0 Å². The molecule has 0 spiro atoms. The second-order valence-corrected chi connectivity index (χ2v) is 4.27. The van der Waals surface area contributed by atoms with E-state index in [1.165, 1.54) is 11.3 Å². The fourth-order valence-electron chi connectivity index (χ4n) is 0.890. The highest BCUT2D eigenvalue weighted by Gasteiger charge is 1.98. The number of hydrogen-bond acceptors (Lipinski definition) is 7. The lowest BCUT2D eigenvalue weighted by Crippen LogP contribution is -2.58. The molecule has 1 heterocycles. The SMILES string of the molecule is Nc1nc2ccccc2s1.[O-][Cl+3]([O-])([O-])O. The highest BCUT2D eigenvalue weighted by Crippen LogP contribution is 2.22. The Morgan fingerprint density at radius 3 is 2.33 bits per heavy atom. The first-order valence-electron chi connectivity index (χ1n) is 3.60.